The average Bonchev–Trinajstić information content (AvgIpc) is 3.50. The molecule has 0 aliphatic rings. The van der Waals surface area contributed by atoms with Crippen molar-refractivity contribution in [1.29, 1.82) is 0 Å². The van der Waals surface area contributed by atoms with Crippen molar-refractivity contribution in [1.82, 2.24) is 4.98 Å². The minimum Gasteiger partial charge on any atom is -0.490 e. The van der Waals surface area contributed by atoms with Crippen molar-refractivity contribution in [3.8, 4) is 5.75 Å². The molecule has 2 heterocycles. The number of halogens is 2. The fourth-order valence-corrected chi connectivity index (χ4v) is 4.99. The molecular weight excluding hydrogens is 577 g/mol. The van der Waals surface area contributed by atoms with Gasteiger partial charge in [0.25, 0.3) is 0 Å². The van der Waals surface area contributed by atoms with E-state index in [-0.39, 0.29) is 25.1 Å². The third-order valence-corrected chi connectivity index (χ3v) is 7.27. The first-order chi connectivity index (χ1) is 19.6. The fraction of sp³-hybridized carbons (Fsp3) is 0.152. The molecule has 41 heavy (non-hydrogen) atoms. The molecule has 0 aliphatic heterocycles. The van der Waals surface area contributed by atoms with Gasteiger partial charge in [0.05, 0.1) is 24.4 Å². The Labute approximate surface area is 254 Å². The predicted molar refractivity (Wildman–Crippen MR) is 169 cm³/mol. The fourth-order valence-electron chi connectivity index (χ4n) is 4.20. The van der Waals surface area contributed by atoms with Crippen molar-refractivity contribution in [2.24, 2.45) is 0 Å². The molecule has 0 radical (unpaired) electrons. The summed E-state index contributed by atoms with van der Waals surface area (Å²) in [6.45, 7) is 2.75. The van der Waals surface area contributed by atoms with Gasteiger partial charge in [0.15, 0.2) is 0 Å². The maximum Gasteiger partial charge on any atom is 0.341 e. The molecule has 2 aromatic heterocycles. The number of ether oxygens (including phenoxy) is 3. The summed E-state index contributed by atoms with van der Waals surface area (Å²) in [5.74, 6) is 0.0510. The standard InChI is InChI=1S/C33H28ClNO4S.ClH/c1-2-37-33(36)29-10-3-4-11-31(29)39-22-32(38-21-28-9-6-18-40-28)25-8-5-7-23(19-25)12-16-27-17-14-24-13-15-26(34)20-30(24)35-27;/h3-20,32H,2,21-22H2,1H3;1H/b16-12+;. The maximum atomic E-state index is 12.4. The Morgan fingerprint density at radius 2 is 1.83 bits per heavy atom. The molecule has 210 valence electrons. The maximum absolute atomic E-state index is 12.4. The number of para-hydroxylation sites is 1. The van der Waals surface area contributed by atoms with E-state index in [1.54, 1.807) is 36.5 Å². The van der Waals surface area contributed by atoms with Crippen LogP contribution in [0.25, 0.3) is 23.1 Å². The lowest BCUT2D eigenvalue weighted by Gasteiger charge is -2.20. The van der Waals surface area contributed by atoms with E-state index in [1.165, 1.54) is 0 Å². The highest BCUT2D eigenvalue weighted by atomic mass is 35.5. The van der Waals surface area contributed by atoms with E-state index in [9.17, 15) is 4.79 Å². The first-order valence-electron chi connectivity index (χ1n) is 13.0. The zero-order valence-corrected chi connectivity index (χ0v) is 24.8. The van der Waals surface area contributed by atoms with Crippen LogP contribution in [-0.4, -0.2) is 24.2 Å². The number of benzene rings is 3. The van der Waals surface area contributed by atoms with Gasteiger partial charge in [-0.25, -0.2) is 9.78 Å². The SMILES string of the molecule is CCOC(=O)c1ccccc1OCC(OCc1cccs1)c1cccc(/C=C/c2ccc3ccc(Cl)cc3n2)c1.Cl. The summed E-state index contributed by atoms with van der Waals surface area (Å²) in [4.78, 5) is 18.3. The summed E-state index contributed by atoms with van der Waals surface area (Å²) in [5.41, 5.74) is 4.05. The minimum atomic E-state index is -0.411. The van der Waals surface area contributed by atoms with Crippen LogP contribution >= 0.6 is 35.3 Å². The number of rotatable bonds is 11. The number of nitrogens with zero attached hydrogens (tertiary/aromatic N) is 1. The Kier molecular flexibility index (Phi) is 10.9. The van der Waals surface area contributed by atoms with Gasteiger partial charge in [0.2, 0.25) is 0 Å². The van der Waals surface area contributed by atoms with Crippen LogP contribution in [0.4, 0.5) is 0 Å². The van der Waals surface area contributed by atoms with Gasteiger partial charge in [-0.1, -0.05) is 66.2 Å². The molecule has 0 amide bonds. The van der Waals surface area contributed by atoms with Gasteiger partial charge >= 0.3 is 5.97 Å². The predicted octanol–water partition coefficient (Wildman–Crippen LogP) is 9.06. The van der Waals surface area contributed by atoms with Gasteiger partial charge in [-0.3, -0.25) is 0 Å². The van der Waals surface area contributed by atoms with E-state index in [0.29, 0.717) is 29.5 Å². The highest BCUT2D eigenvalue weighted by Gasteiger charge is 2.18. The number of pyridine rings is 1. The quantitative estimate of drug-likeness (QED) is 0.140. The molecule has 0 spiro atoms. The number of carbonyl (C=O) groups excluding carboxylic acids is 1. The Morgan fingerprint density at radius 3 is 2.66 bits per heavy atom. The number of fused-ring (bicyclic) bond motifs is 1. The zero-order valence-electron chi connectivity index (χ0n) is 22.4. The third kappa shape index (κ3) is 8.18. The highest BCUT2D eigenvalue weighted by Crippen LogP contribution is 2.26. The Morgan fingerprint density at radius 1 is 0.976 bits per heavy atom. The lowest BCUT2D eigenvalue weighted by Crippen LogP contribution is -2.16. The first-order valence-corrected chi connectivity index (χ1v) is 14.2. The van der Waals surface area contributed by atoms with Gasteiger partial charge < -0.3 is 14.2 Å². The van der Waals surface area contributed by atoms with Gasteiger partial charge in [0, 0.05) is 15.3 Å². The van der Waals surface area contributed by atoms with Gasteiger partial charge in [-0.2, -0.15) is 0 Å². The molecule has 5 nitrogen and oxygen atoms in total. The molecule has 0 aliphatic carbocycles. The van der Waals surface area contributed by atoms with Crippen molar-refractivity contribution in [3.63, 3.8) is 0 Å². The molecule has 0 saturated carbocycles. The largest absolute Gasteiger partial charge is 0.490 e. The second kappa shape index (κ2) is 14.8. The second-order valence-corrected chi connectivity index (χ2v) is 10.5. The average molecular weight is 607 g/mol. The summed E-state index contributed by atoms with van der Waals surface area (Å²) in [6.07, 6.45) is 3.63. The number of carbonyl (C=O) groups is 1. The Hall–Kier alpha value is -3.68. The van der Waals surface area contributed by atoms with Crippen molar-refractivity contribution >= 4 is 64.4 Å². The number of hydrogen-bond acceptors (Lipinski definition) is 6. The summed E-state index contributed by atoms with van der Waals surface area (Å²) in [6, 6.07) is 29.0. The van der Waals surface area contributed by atoms with Crippen LogP contribution in [0.15, 0.2) is 96.4 Å². The molecule has 3 aromatic carbocycles. The number of esters is 1. The number of aromatic nitrogens is 1. The molecule has 5 aromatic rings. The zero-order chi connectivity index (χ0) is 27.7. The van der Waals surface area contributed by atoms with E-state index in [0.717, 1.165) is 32.6 Å². The van der Waals surface area contributed by atoms with Crippen LogP contribution in [0.5, 0.6) is 5.75 Å². The summed E-state index contributed by atoms with van der Waals surface area (Å²) >= 11 is 7.79. The monoisotopic (exact) mass is 605 g/mol. The first kappa shape index (κ1) is 30.3. The lowest BCUT2D eigenvalue weighted by atomic mass is 10.1. The molecule has 1 atom stereocenters. The van der Waals surface area contributed by atoms with Crippen LogP contribution in [0, 0.1) is 0 Å². The van der Waals surface area contributed by atoms with Gasteiger partial charge in [-0.15, -0.1) is 23.7 Å². The molecule has 5 rings (SSSR count). The smallest absolute Gasteiger partial charge is 0.341 e. The highest BCUT2D eigenvalue weighted by molar-refractivity contribution is 7.09. The molecule has 0 saturated heterocycles. The lowest BCUT2D eigenvalue weighted by molar-refractivity contribution is 0.00869. The molecule has 0 fully saturated rings. The van der Waals surface area contributed by atoms with Crippen LogP contribution in [0.1, 0.15) is 45.1 Å². The van der Waals surface area contributed by atoms with Crippen LogP contribution in [-0.2, 0) is 16.1 Å². The van der Waals surface area contributed by atoms with E-state index >= 15 is 0 Å². The number of hydrogen-bond donors (Lipinski definition) is 0. The minimum absolute atomic E-state index is 0. The topological polar surface area (TPSA) is 57.7 Å². The van der Waals surface area contributed by atoms with Crippen molar-refractivity contribution in [3.05, 3.63) is 129 Å². The number of thiophene rings is 1. The van der Waals surface area contributed by atoms with E-state index in [1.807, 2.05) is 84.3 Å². The van der Waals surface area contributed by atoms with E-state index in [2.05, 4.69) is 6.07 Å². The van der Waals surface area contributed by atoms with Crippen molar-refractivity contribution < 1.29 is 19.0 Å². The summed E-state index contributed by atoms with van der Waals surface area (Å²) in [7, 11) is 0. The van der Waals surface area contributed by atoms with E-state index in [4.69, 9.17) is 30.8 Å². The van der Waals surface area contributed by atoms with Gasteiger partial charge in [-0.05, 0) is 72.0 Å². The Balaban J connectivity index is 0.00000387. The summed E-state index contributed by atoms with van der Waals surface area (Å²) in [5, 5.41) is 3.73. The molecule has 1 unspecified atom stereocenters. The van der Waals surface area contributed by atoms with Gasteiger partial charge in [0.1, 0.15) is 24.0 Å². The van der Waals surface area contributed by atoms with Crippen molar-refractivity contribution in [2.45, 2.75) is 19.6 Å². The van der Waals surface area contributed by atoms with Crippen molar-refractivity contribution in [2.75, 3.05) is 13.2 Å². The summed E-state index contributed by atoms with van der Waals surface area (Å²) < 4.78 is 17.7. The molecule has 0 N–H and O–H groups in total. The Bertz CT molecular complexity index is 1620. The second-order valence-electron chi connectivity index (χ2n) is 8.98. The normalized spacial score (nSPS) is 11.8. The van der Waals surface area contributed by atoms with E-state index < -0.39 is 5.97 Å². The molecular formula is C33H29Cl2NO4S. The van der Waals surface area contributed by atoms with Crippen LogP contribution in [0.2, 0.25) is 5.02 Å². The molecule has 0 bridgehead atoms. The van der Waals surface area contributed by atoms with Crippen LogP contribution < -0.4 is 4.74 Å². The van der Waals surface area contributed by atoms with Crippen LogP contribution in [0.3, 0.4) is 0 Å². The molecule has 8 heteroatoms. The third-order valence-electron chi connectivity index (χ3n) is 6.18.